The van der Waals surface area contributed by atoms with Crippen molar-refractivity contribution >= 4 is 24.2 Å². The van der Waals surface area contributed by atoms with E-state index in [9.17, 15) is 9.59 Å². The summed E-state index contributed by atoms with van der Waals surface area (Å²) < 4.78 is 0. The number of piperidine rings is 1. The number of amides is 2. The number of nitrogens with two attached hydrogens (primary N) is 1. The second kappa shape index (κ2) is 10.1. The van der Waals surface area contributed by atoms with Crippen molar-refractivity contribution in [1.29, 1.82) is 0 Å². The molecular weight excluding hydrogens is 398 g/mol. The molecule has 2 aromatic rings. The zero-order valence-corrected chi connectivity index (χ0v) is 18.0. The third-order valence-corrected chi connectivity index (χ3v) is 6.30. The van der Waals surface area contributed by atoms with Gasteiger partial charge in [-0.3, -0.25) is 9.59 Å². The Morgan fingerprint density at radius 3 is 2.30 bits per heavy atom. The third-order valence-electron chi connectivity index (χ3n) is 6.30. The van der Waals surface area contributed by atoms with E-state index in [1.807, 2.05) is 53.4 Å². The van der Waals surface area contributed by atoms with E-state index < -0.39 is 6.04 Å². The van der Waals surface area contributed by atoms with Gasteiger partial charge in [0.05, 0.1) is 0 Å². The summed E-state index contributed by atoms with van der Waals surface area (Å²) in [6.45, 7) is 2.47. The van der Waals surface area contributed by atoms with Crippen molar-refractivity contribution in [2.75, 3.05) is 26.2 Å². The monoisotopic (exact) mass is 427 g/mol. The Morgan fingerprint density at radius 2 is 1.67 bits per heavy atom. The molecule has 0 radical (unpaired) electrons. The molecule has 30 heavy (non-hydrogen) atoms. The number of carbonyl (C=O) groups excluding carboxylic acids is 2. The zero-order valence-electron chi connectivity index (χ0n) is 17.2. The Bertz CT molecular complexity index is 846. The van der Waals surface area contributed by atoms with E-state index in [1.165, 1.54) is 5.56 Å². The van der Waals surface area contributed by atoms with Crippen LogP contribution in [0.15, 0.2) is 60.7 Å². The summed E-state index contributed by atoms with van der Waals surface area (Å²) in [6, 6.07) is 19.5. The number of carbonyl (C=O) groups is 2. The van der Waals surface area contributed by atoms with Crippen LogP contribution < -0.4 is 5.73 Å². The standard InChI is InChI=1S/C24H29N3O2.ClH/c25-15-20-16-26(17-21(20)18-9-3-1-4-10-18)24(29)23(19-11-5-2-6-12-19)27-14-8-7-13-22(27)28;/h1-6,9-12,20-21,23H,7-8,13-17,25H2;1H/t20-,21+,23?;/m1./s1. The summed E-state index contributed by atoms with van der Waals surface area (Å²) in [7, 11) is 0. The number of hydrogen-bond acceptors (Lipinski definition) is 3. The molecule has 2 aliphatic rings. The first-order valence-electron chi connectivity index (χ1n) is 10.6. The minimum atomic E-state index is -0.544. The van der Waals surface area contributed by atoms with E-state index in [0.717, 1.165) is 18.4 Å². The van der Waals surface area contributed by atoms with Gasteiger partial charge in [-0.05, 0) is 36.4 Å². The Balaban J connectivity index is 0.00000256. The van der Waals surface area contributed by atoms with Gasteiger partial charge in [-0.1, -0.05) is 60.7 Å². The van der Waals surface area contributed by atoms with Gasteiger partial charge in [-0.2, -0.15) is 0 Å². The highest BCUT2D eigenvalue weighted by atomic mass is 35.5. The summed E-state index contributed by atoms with van der Waals surface area (Å²) in [5.41, 5.74) is 8.19. The van der Waals surface area contributed by atoms with Crippen molar-refractivity contribution in [2.45, 2.75) is 31.2 Å². The zero-order chi connectivity index (χ0) is 20.2. The lowest BCUT2D eigenvalue weighted by Gasteiger charge is -2.36. The molecule has 4 rings (SSSR count). The fourth-order valence-corrected chi connectivity index (χ4v) is 4.73. The lowest BCUT2D eigenvalue weighted by molar-refractivity contribution is -0.147. The topological polar surface area (TPSA) is 66.6 Å². The largest absolute Gasteiger partial charge is 0.340 e. The molecule has 2 aromatic carbocycles. The van der Waals surface area contributed by atoms with Crippen LogP contribution in [0.2, 0.25) is 0 Å². The van der Waals surface area contributed by atoms with Crippen molar-refractivity contribution in [3.05, 3.63) is 71.8 Å². The van der Waals surface area contributed by atoms with Crippen LogP contribution in [0.4, 0.5) is 0 Å². The minimum absolute atomic E-state index is 0. The van der Waals surface area contributed by atoms with Crippen LogP contribution in [-0.2, 0) is 9.59 Å². The normalized spacial score (nSPS) is 22.5. The fourth-order valence-electron chi connectivity index (χ4n) is 4.73. The van der Waals surface area contributed by atoms with Gasteiger partial charge in [0.2, 0.25) is 11.8 Å². The second-order valence-electron chi connectivity index (χ2n) is 8.11. The highest BCUT2D eigenvalue weighted by Crippen LogP contribution is 2.35. The minimum Gasteiger partial charge on any atom is -0.340 e. The average Bonchev–Trinajstić information content (AvgIpc) is 3.21. The van der Waals surface area contributed by atoms with Crippen LogP contribution in [0, 0.1) is 5.92 Å². The van der Waals surface area contributed by atoms with Crippen molar-refractivity contribution in [3.63, 3.8) is 0 Å². The number of hydrogen-bond donors (Lipinski definition) is 1. The fraction of sp³-hybridized carbons (Fsp3) is 0.417. The van der Waals surface area contributed by atoms with E-state index in [-0.39, 0.29) is 36.1 Å². The highest BCUT2D eigenvalue weighted by molar-refractivity contribution is 5.89. The average molecular weight is 428 g/mol. The molecule has 2 saturated heterocycles. The first-order valence-corrected chi connectivity index (χ1v) is 10.6. The predicted molar refractivity (Wildman–Crippen MR) is 120 cm³/mol. The first kappa shape index (κ1) is 22.3. The predicted octanol–water partition coefficient (Wildman–Crippen LogP) is 3.36. The molecule has 2 N–H and O–H groups in total. The highest BCUT2D eigenvalue weighted by Gasteiger charge is 2.41. The number of likely N-dealkylation sites (tertiary alicyclic amines) is 2. The van der Waals surface area contributed by atoms with Crippen LogP contribution in [0.3, 0.4) is 0 Å². The summed E-state index contributed by atoms with van der Waals surface area (Å²) in [5, 5.41) is 0. The second-order valence-corrected chi connectivity index (χ2v) is 8.11. The Morgan fingerprint density at radius 1 is 1.00 bits per heavy atom. The van der Waals surface area contributed by atoms with Gasteiger partial charge in [-0.25, -0.2) is 0 Å². The number of nitrogens with zero attached hydrogens (tertiary/aromatic N) is 2. The molecule has 160 valence electrons. The quantitative estimate of drug-likeness (QED) is 0.795. The number of rotatable bonds is 5. The van der Waals surface area contributed by atoms with Gasteiger partial charge < -0.3 is 15.5 Å². The Hall–Kier alpha value is -2.37. The maximum absolute atomic E-state index is 13.7. The van der Waals surface area contributed by atoms with Gasteiger partial charge in [0, 0.05) is 32.0 Å². The molecule has 1 unspecified atom stereocenters. The maximum Gasteiger partial charge on any atom is 0.250 e. The van der Waals surface area contributed by atoms with Gasteiger partial charge in [0.15, 0.2) is 0 Å². The van der Waals surface area contributed by atoms with Crippen LogP contribution in [-0.4, -0.2) is 47.8 Å². The van der Waals surface area contributed by atoms with Gasteiger partial charge in [0.1, 0.15) is 6.04 Å². The Labute approximate surface area is 184 Å². The van der Waals surface area contributed by atoms with Crippen LogP contribution in [0.1, 0.15) is 42.3 Å². The smallest absolute Gasteiger partial charge is 0.250 e. The maximum atomic E-state index is 13.7. The number of benzene rings is 2. The molecule has 2 fully saturated rings. The molecule has 6 heteroatoms. The third kappa shape index (κ3) is 4.52. The lowest BCUT2D eigenvalue weighted by atomic mass is 9.89. The Kier molecular flexibility index (Phi) is 7.51. The molecular formula is C24H30ClN3O2. The SMILES string of the molecule is Cl.NC[C@@H]1CN(C(=O)C(c2ccccc2)N2CCCCC2=O)C[C@H]1c1ccccc1. The van der Waals surface area contributed by atoms with E-state index in [4.69, 9.17) is 5.73 Å². The molecule has 0 aromatic heterocycles. The van der Waals surface area contributed by atoms with Gasteiger partial charge in [0.25, 0.3) is 0 Å². The van der Waals surface area contributed by atoms with E-state index >= 15 is 0 Å². The molecule has 0 spiro atoms. The lowest BCUT2D eigenvalue weighted by Crippen LogP contribution is -2.46. The van der Waals surface area contributed by atoms with Gasteiger partial charge >= 0.3 is 0 Å². The van der Waals surface area contributed by atoms with Crippen LogP contribution >= 0.6 is 12.4 Å². The summed E-state index contributed by atoms with van der Waals surface area (Å²) in [4.78, 5) is 30.1. The van der Waals surface area contributed by atoms with Crippen molar-refractivity contribution < 1.29 is 9.59 Å². The molecule has 0 bridgehead atoms. The van der Waals surface area contributed by atoms with Crippen molar-refractivity contribution in [1.82, 2.24) is 9.80 Å². The van der Waals surface area contributed by atoms with Crippen molar-refractivity contribution in [3.8, 4) is 0 Å². The van der Waals surface area contributed by atoms with Gasteiger partial charge in [-0.15, -0.1) is 12.4 Å². The summed E-state index contributed by atoms with van der Waals surface area (Å²) in [5.74, 6) is 0.560. The molecule has 0 saturated carbocycles. The summed E-state index contributed by atoms with van der Waals surface area (Å²) >= 11 is 0. The van der Waals surface area contributed by atoms with E-state index in [0.29, 0.717) is 32.6 Å². The van der Waals surface area contributed by atoms with E-state index in [2.05, 4.69) is 12.1 Å². The van der Waals surface area contributed by atoms with Crippen LogP contribution in [0.5, 0.6) is 0 Å². The molecule has 3 atom stereocenters. The van der Waals surface area contributed by atoms with Crippen LogP contribution in [0.25, 0.3) is 0 Å². The first-order chi connectivity index (χ1) is 14.2. The molecule has 0 aliphatic carbocycles. The van der Waals surface area contributed by atoms with E-state index in [1.54, 1.807) is 4.90 Å². The number of halogens is 1. The van der Waals surface area contributed by atoms with Crippen molar-refractivity contribution in [2.24, 2.45) is 11.7 Å². The molecule has 2 aliphatic heterocycles. The molecule has 2 heterocycles. The summed E-state index contributed by atoms with van der Waals surface area (Å²) in [6.07, 6.45) is 2.37. The molecule has 5 nitrogen and oxygen atoms in total. The molecule has 2 amide bonds.